The highest BCUT2D eigenvalue weighted by molar-refractivity contribution is 7.98. The summed E-state index contributed by atoms with van der Waals surface area (Å²) in [6.45, 7) is 2.05. The van der Waals surface area contributed by atoms with Crippen molar-refractivity contribution in [2.45, 2.75) is 17.8 Å². The third-order valence-electron chi connectivity index (χ3n) is 3.60. The summed E-state index contributed by atoms with van der Waals surface area (Å²) in [5.41, 5.74) is 5.81. The summed E-state index contributed by atoms with van der Waals surface area (Å²) in [5, 5.41) is 23.2. The van der Waals surface area contributed by atoms with Crippen molar-refractivity contribution in [3.63, 3.8) is 0 Å². The van der Waals surface area contributed by atoms with E-state index in [1.54, 1.807) is 12.1 Å². The van der Waals surface area contributed by atoms with Crippen LogP contribution in [0.25, 0.3) is 0 Å². The van der Waals surface area contributed by atoms with E-state index in [-0.39, 0.29) is 5.69 Å². The molecule has 0 aliphatic carbocycles. The SMILES string of the molecule is Cc1cccc(CSc2nnc(N/N=C/c3ccc([N+](=O)[O-])cc3)n2N)c1. The van der Waals surface area contributed by atoms with Crippen LogP contribution in [-0.2, 0) is 5.75 Å². The van der Waals surface area contributed by atoms with Crippen LogP contribution < -0.4 is 11.3 Å². The minimum atomic E-state index is -0.452. The minimum Gasteiger partial charge on any atom is -0.334 e. The number of nitro groups is 1. The van der Waals surface area contributed by atoms with E-state index in [4.69, 9.17) is 5.84 Å². The molecule has 1 heterocycles. The third kappa shape index (κ3) is 4.82. The molecule has 0 bridgehead atoms. The number of benzene rings is 2. The number of hydrogen-bond donors (Lipinski definition) is 2. The largest absolute Gasteiger partial charge is 0.334 e. The molecule has 27 heavy (non-hydrogen) atoms. The second-order valence-corrected chi connectivity index (χ2v) is 6.62. The molecule has 1 aromatic heterocycles. The van der Waals surface area contributed by atoms with E-state index in [0.29, 0.717) is 16.7 Å². The van der Waals surface area contributed by atoms with Crippen LogP contribution in [0, 0.1) is 17.0 Å². The van der Waals surface area contributed by atoms with E-state index < -0.39 is 4.92 Å². The van der Waals surface area contributed by atoms with E-state index >= 15 is 0 Å². The van der Waals surface area contributed by atoms with E-state index in [1.807, 2.05) is 25.1 Å². The van der Waals surface area contributed by atoms with Crippen LogP contribution in [0.5, 0.6) is 0 Å². The Morgan fingerprint density at radius 3 is 2.78 bits per heavy atom. The Hall–Kier alpha value is -3.40. The Kier molecular flexibility index (Phi) is 5.67. The van der Waals surface area contributed by atoms with E-state index in [2.05, 4.69) is 26.8 Å². The Labute approximate surface area is 159 Å². The maximum atomic E-state index is 10.6. The van der Waals surface area contributed by atoms with Gasteiger partial charge >= 0.3 is 0 Å². The molecule has 3 aromatic rings. The predicted octanol–water partition coefficient (Wildman–Crippen LogP) is 2.95. The van der Waals surface area contributed by atoms with Crippen molar-refractivity contribution in [2.24, 2.45) is 5.10 Å². The topological polar surface area (TPSA) is 124 Å². The van der Waals surface area contributed by atoms with E-state index in [1.165, 1.54) is 45.9 Å². The molecule has 0 aliphatic rings. The van der Waals surface area contributed by atoms with Gasteiger partial charge in [0.15, 0.2) is 0 Å². The number of hydrazone groups is 1. The second-order valence-electron chi connectivity index (χ2n) is 5.67. The Bertz CT molecular complexity index is 970. The summed E-state index contributed by atoms with van der Waals surface area (Å²) < 4.78 is 1.33. The first-order valence-electron chi connectivity index (χ1n) is 7.95. The molecule has 0 fully saturated rings. The van der Waals surface area contributed by atoms with Crippen molar-refractivity contribution >= 4 is 29.6 Å². The molecule has 0 radical (unpaired) electrons. The van der Waals surface area contributed by atoms with E-state index in [9.17, 15) is 10.1 Å². The van der Waals surface area contributed by atoms with Gasteiger partial charge < -0.3 is 5.84 Å². The molecule has 0 aliphatic heterocycles. The number of nitro benzene ring substituents is 1. The highest BCUT2D eigenvalue weighted by Gasteiger charge is 2.10. The van der Waals surface area contributed by atoms with Crippen LogP contribution in [-0.4, -0.2) is 26.0 Å². The molecule has 0 saturated carbocycles. The number of nitrogens with two attached hydrogens (primary N) is 1. The number of nitrogens with zero attached hydrogens (tertiary/aromatic N) is 5. The van der Waals surface area contributed by atoms with Crippen molar-refractivity contribution in [1.82, 2.24) is 14.9 Å². The lowest BCUT2D eigenvalue weighted by Gasteiger charge is -2.03. The van der Waals surface area contributed by atoms with Gasteiger partial charge in [0.1, 0.15) is 0 Å². The van der Waals surface area contributed by atoms with E-state index in [0.717, 1.165) is 5.75 Å². The molecule has 9 nitrogen and oxygen atoms in total. The first-order valence-corrected chi connectivity index (χ1v) is 8.94. The summed E-state index contributed by atoms with van der Waals surface area (Å²) in [7, 11) is 0. The Morgan fingerprint density at radius 2 is 2.07 bits per heavy atom. The van der Waals surface area contributed by atoms with Gasteiger partial charge in [-0.05, 0) is 30.2 Å². The lowest BCUT2D eigenvalue weighted by molar-refractivity contribution is -0.384. The standard InChI is InChI=1S/C17H17N7O2S/c1-12-3-2-4-14(9-12)11-27-17-22-21-16(23(17)18)20-19-10-13-5-7-15(8-6-13)24(25)26/h2-10H,11,18H2,1H3,(H,20,21)/b19-10+. The quantitative estimate of drug-likeness (QED) is 0.211. The molecule has 3 rings (SSSR count). The molecule has 2 aromatic carbocycles. The van der Waals surface area contributed by atoms with Gasteiger partial charge in [-0.15, -0.1) is 10.2 Å². The minimum absolute atomic E-state index is 0.0251. The fourth-order valence-electron chi connectivity index (χ4n) is 2.25. The molecular formula is C17H17N7O2S. The number of non-ortho nitro benzene ring substituents is 1. The molecule has 138 valence electrons. The normalized spacial score (nSPS) is 11.0. The third-order valence-corrected chi connectivity index (χ3v) is 4.61. The number of hydrogen-bond acceptors (Lipinski definition) is 8. The van der Waals surface area contributed by atoms with Crippen molar-refractivity contribution < 1.29 is 4.92 Å². The van der Waals surface area contributed by atoms with Gasteiger partial charge in [-0.1, -0.05) is 41.6 Å². The molecule has 0 unspecified atom stereocenters. The maximum absolute atomic E-state index is 10.6. The highest BCUT2D eigenvalue weighted by Crippen LogP contribution is 2.22. The average Bonchev–Trinajstić information content (AvgIpc) is 3.00. The number of rotatable bonds is 7. The highest BCUT2D eigenvalue weighted by atomic mass is 32.2. The average molecular weight is 383 g/mol. The molecule has 0 spiro atoms. The van der Waals surface area contributed by atoms with Gasteiger partial charge in [0.05, 0.1) is 11.1 Å². The van der Waals surface area contributed by atoms with Crippen LogP contribution in [0.4, 0.5) is 11.6 Å². The van der Waals surface area contributed by atoms with Crippen LogP contribution in [0.1, 0.15) is 16.7 Å². The van der Waals surface area contributed by atoms with Gasteiger partial charge in [0.25, 0.3) is 11.6 Å². The first kappa shape index (κ1) is 18.4. The fourth-order valence-corrected chi connectivity index (χ4v) is 3.05. The number of aryl methyl sites for hydroxylation is 1. The molecule has 10 heteroatoms. The summed E-state index contributed by atoms with van der Waals surface area (Å²) in [6.07, 6.45) is 1.51. The summed E-state index contributed by atoms with van der Waals surface area (Å²) in [4.78, 5) is 10.2. The molecule has 0 atom stereocenters. The second kappa shape index (κ2) is 8.32. The zero-order valence-corrected chi connectivity index (χ0v) is 15.3. The maximum Gasteiger partial charge on any atom is 0.269 e. The molecule has 0 saturated heterocycles. The summed E-state index contributed by atoms with van der Waals surface area (Å²) in [5.74, 6) is 7.01. The van der Waals surface area contributed by atoms with Crippen molar-refractivity contribution in [3.05, 3.63) is 75.3 Å². The van der Waals surface area contributed by atoms with Crippen molar-refractivity contribution in [3.8, 4) is 0 Å². The number of nitrogens with one attached hydrogen (secondary N) is 1. The molecule has 3 N–H and O–H groups in total. The monoisotopic (exact) mass is 383 g/mol. The van der Waals surface area contributed by atoms with Crippen LogP contribution >= 0.6 is 11.8 Å². The van der Waals surface area contributed by atoms with Gasteiger partial charge in [0.2, 0.25) is 5.16 Å². The first-order chi connectivity index (χ1) is 13.0. The van der Waals surface area contributed by atoms with Gasteiger partial charge in [-0.2, -0.15) is 5.10 Å². The zero-order valence-electron chi connectivity index (χ0n) is 14.4. The lowest BCUT2D eigenvalue weighted by atomic mass is 10.2. The Balaban J connectivity index is 1.59. The van der Waals surface area contributed by atoms with Crippen molar-refractivity contribution in [1.29, 1.82) is 0 Å². The van der Waals surface area contributed by atoms with Crippen molar-refractivity contribution in [2.75, 3.05) is 11.3 Å². The number of aromatic nitrogens is 3. The van der Waals surface area contributed by atoms with Crippen LogP contribution in [0.15, 0.2) is 58.8 Å². The number of nitrogen functional groups attached to an aromatic ring is 1. The van der Waals surface area contributed by atoms with Gasteiger partial charge in [0, 0.05) is 17.9 Å². The molecular weight excluding hydrogens is 366 g/mol. The smallest absolute Gasteiger partial charge is 0.269 e. The zero-order chi connectivity index (χ0) is 19.2. The number of thioether (sulfide) groups is 1. The van der Waals surface area contributed by atoms with Crippen LogP contribution in [0.3, 0.4) is 0 Å². The summed E-state index contributed by atoms with van der Waals surface area (Å²) in [6, 6.07) is 14.2. The predicted molar refractivity (Wildman–Crippen MR) is 105 cm³/mol. The fraction of sp³-hybridized carbons (Fsp3) is 0.118. The van der Waals surface area contributed by atoms with Gasteiger partial charge in [-0.25, -0.2) is 10.1 Å². The summed E-state index contributed by atoms with van der Waals surface area (Å²) >= 11 is 1.47. The van der Waals surface area contributed by atoms with Gasteiger partial charge in [-0.3, -0.25) is 10.1 Å². The lowest BCUT2D eigenvalue weighted by Crippen LogP contribution is -2.13. The molecule has 0 amide bonds. The Morgan fingerprint density at radius 1 is 1.30 bits per heavy atom. The van der Waals surface area contributed by atoms with Crippen LogP contribution in [0.2, 0.25) is 0 Å². The number of anilines is 1.